The predicted octanol–water partition coefficient (Wildman–Crippen LogP) is 11.6. The lowest BCUT2D eigenvalue weighted by Gasteiger charge is -2.36. The number of terminal acetylenes is 1. The van der Waals surface area contributed by atoms with E-state index in [1.807, 2.05) is 0 Å². The van der Waals surface area contributed by atoms with Crippen LogP contribution in [0.1, 0.15) is 105 Å². The zero-order valence-electron chi connectivity index (χ0n) is 27.4. The number of hydrogen-bond acceptors (Lipinski definition) is 0. The van der Waals surface area contributed by atoms with Crippen LogP contribution in [0, 0.1) is 36.0 Å². The van der Waals surface area contributed by atoms with Crippen molar-refractivity contribution in [3.8, 4) is 12.3 Å². The second kappa shape index (κ2) is 15.4. The largest absolute Gasteiger partial charge is 0.115 e. The Morgan fingerprint density at radius 2 is 1.66 bits per heavy atom. The Morgan fingerprint density at radius 3 is 2.32 bits per heavy atom. The number of hydrogen-bond donors (Lipinski definition) is 0. The van der Waals surface area contributed by atoms with Crippen LogP contribution in [0.5, 0.6) is 0 Å². The normalized spacial score (nSPS) is 20.3. The summed E-state index contributed by atoms with van der Waals surface area (Å²) in [5.41, 5.74) is 10.8. The van der Waals surface area contributed by atoms with Crippen molar-refractivity contribution in [1.29, 1.82) is 0 Å². The molecule has 0 aromatic heterocycles. The summed E-state index contributed by atoms with van der Waals surface area (Å²) < 4.78 is 0. The van der Waals surface area contributed by atoms with Gasteiger partial charge in [-0.15, -0.1) is 6.42 Å². The molecule has 0 nitrogen and oxygen atoms in total. The lowest BCUT2D eigenvalue weighted by molar-refractivity contribution is 0.252. The molecule has 2 atom stereocenters. The van der Waals surface area contributed by atoms with E-state index in [-0.39, 0.29) is 0 Å². The monoisotopic (exact) mass is 580 g/mol. The molecule has 2 unspecified atom stereocenters. The van der Waals surface area contributed by atoms with Gasteiger partial charge in [0.1, 0.15) is 0 Å². The van der Waals surface area contributed by atoms with Crippen molar-refractivity contribution in [2.75, 3.05) is 0 Å². The molecule has 44 heavy (non-hydrogen) atoms. The number of rotatable bonds is 13. The van der Waals surface area contributed by atoms with Crippen molar-refractivity contribution >= 4 is 5.57 Å². The van der Waals surface area contributed by atoms with Crippen molar-refractivity contribution < 1.29 is 0 Å². The van der Waals surface area contributed by atoms with Crippen molar-refractivity contribution in [1.82, 2.24) is 0 Å². The van der Waals surface area contributed by atoms with E-state index >= 15 is 0 Å². The van der Waals surface area contributed by atoms with Crippen LogP contribution in [0.4, 0.5) is 0 Å². The molecule has 0 bridgehead atoms. The zero-order valence-corrected chi connectivity index (χ0v) is 27.4. The van der Waals surface area contributed by atoms with Gasteiger partial charge >= 0.3 is 0 Å². The van der Waals surface area contributed by atoms with Crippen molar-refractivity contribution in [2.45, 2.75) is 90.9 Å². The average Bonchev–Trinajstić information content (AvgIpc) is 3.48. The third-order valence-electron chi connectivity index (χ3n) is 10.1. The van der Waals surface area contributed by atoms with Gasteiger partial charge in [0.15, 0.2) is 0 Å². The first-order valence-electron chi connectivity index (χ1n) is 17.2. The molecule has 0 spiro atoms. The Labute approximate surface area is 268 Å². The highest BCUT2D eigenvalue weighted by molar-refractivity contribution is 5.76. The van der Waals surface area contributed by atoms with Crippen LogP contribution in [0.25, 0.3) is 5.57 Å². The van der Waals surface area contributed by atoms with Gasteiger partial charge in [-0.1, -0.05) is 130 Å². The Bertz CT molecular complexity index is 1470. The van der Waals surface area contributed by atoms with Crippen LogP contribution in [0.2, 0.25) is 0 Å². The number of aryl methyl sites for hydroxylation is 2. The minimum absolute atomic E-state index is 0.420. The minimum atomic E-state index is 0.420. The molecule has 228 valence electrons. The van der Waals surface area contributed by atoms with E-state index < -0.39 is 0 Å². The van der Waals surface area contributed by atoms with E-state index in [9.17, 15) is 0 Å². The molecule has 0 saturated heterocycles. The van der Waals surface area contributed by atoms with Gasteiger partial charge < -0.3 is 0 Å². The van der Waals surface area contributed by atoms with Crippen LogP contribution in [-0.4, -0.2) is 0 Å². The lowest BCUT2D eigenvalue weighted by atomic mass is 9.69. The maximum Gasteiger partial charge on any atom is 0.0274 e. The van der Waals surface area contributed by atoms with Gasteiger partial charge in [0.2, 0.25) is 0 Å². The summed E-state index contributed by atoms with van der Waals surface area (Å²) in [5, 5.41) is 0. The average molecular weight is 581 g/mol. The fraction of sp³-hybridized carbons (Fsp3) is 0.409. The van der Waals surface area contributed by atoms with Gasteiger partial charge in [0, 0.05) is 11.5 Å². The summed E-state index contributed by atoms with van der Waals surface area (Å²) in [6, 6.07) is 27.3. The first kappa shape index (κ1) is 31.9. The van der Waals surface area contributed by atoms with Gasteiger partial charge in [-0.25, -0.2) is 0 Å². The third kappa shape index (κ3) is 8.54. The van der Waals surface area contributed by atoms with Gasteiger partial charge in [0.25, 0.3) is 0 Å². The van der Waals surface area contributed by atoms with Crippen molar-refractivity contribution in [3.05, 3.63) is 137 Å². The van der Waals surface area contributed by atoms with E-state index in [4.69, 9.17) is 13.0 Å². The van der Waals surface area contributed by atoms with Crippen LogP contribution < -0.4 is 0 Å². The van der Waals surface area contributed by atoms with Crippen molar-refractivity contribution in [3.63, 3.8) is 0 Å². The van der Waals surface area contributed by atoms with E-state index in [0.717, 1.165) is 36.7 Å². The maximum atomic E-state index is 5.87. The third-order valence-corrected chi connectivity index (χ3v) is 10.1. The summed E-state index contributed by atoms with van der Waals surface area (Å²) in [4.78, 5) is 0. The Kier molecular flexibility index (Phi) is 11.2. The maximum absolute atomic E-state index is 5.87. The van der Waals surface area contributed by atoms with Gasteiger partial charge in [-0.2, -0.15) is 0 Å². The van der Waals surface area contributed by atoms with Crippen LogP contribution in [0.15, 0.2) is 103 Å². The molecule has 0 amide bonds. The second-order valence-corrected chi connectivity index (χ2v) is 14.0. The first-order chi connectivity index (χ1) is 21.4. The molecule has 2 aliphatic carbocycles. The molecule has 0 N–H and O–H groups in total. The molecular formula is C44H52. The van der Waals surface area contributed by atoms with Crippen LogP contribution in [0.3, 0.4) is 0 Å². The van der Waals surface area contributed by atoms with Gasteiger partial charge in [-0.05, 0) is 121 Å². The van der Waals surface area contributed by atoms with E-state index in [2.05, 4.69) is 118 Å². The molecule has 2 aliphatic rings. The quantitative estimate of drug-likeness (QED) is 0.139. The topological polar surface area (TPSA) is 0 Å². The zero-order chi connectivity index (χ0) is 30.9. The summed E-state index contributed by atoms with van der Waals surface area (Å²) in [5.74, 6) is 6.02. The standard InChI is InChI=1S/C44H52/c1-6-38-22-20-37(31-42(38)14-10-11-32(2)3)30-36-18-23-40(24-19-36)44(34(5)16-17-35-12-8-7-9-13-35)41-27-25-39(26-28-41)43-21-15-33(4)29-43/h1,7-9,12-13,15,20-22,25-29,31-33,36,40,44H,5,10-11,14,16-19,23-24,30H2,2-4H3. The fourth-order valence-electron chi connectivity index (χ4n) is 7.55. The van der Waals surface area contributed by atoms with Gasteiger partial charge in [-0.3, -0.25) is 0 Å². The number of allylic oxidation sites excluding steroid dienone is 5. The van der Waals surface area contributed by atoms with E-state index in [1.54, 1.807) is 0 Å². The predicted molar refractivity (Wildman–Crippen MR) is 191 cm³/mol. The summed E-state index contributed by atoms with van der Waals surface area (Å²) in [6.07, 6.45) is 24.8. The lowest BCUT2D eigenvalue weighted by Crippen LogP contribution is -2.23. The molecule has 0 aliphatic heterocycles. The molecule has 1 saturated carbocycles. The molecule has 3 aromatic rings. The summed E-state index contributed by atoms with van der Waals surface area (Å²) in [6.45, 7) is 11.6. The van der Waals surface area contributed by atoms with Crippen LogP contribution >= 0.6 is 0 Å². The molecule has 0 heterocycles. The highest BCUT2D eigenvalue weighted by Gasteiger charge is 2.30. The number of benzene rings is 3. The SMILES string of the molecule is C#Cc1ccc(CC2CCC(C(C(=C)CCc3ccccc3)c3ccc(C4=CC(C)C=C4)cc3)CC2)cc1CCCC(C)C. The molecular weight excluding hydrogens is 528 g/mol. The molecule has 3 aromatic carbocycles. The highest BCUT2D eigenvalue weighted by atomic mass is 14.3. The Hall–Kier alpha value is -3.56. The van der Waals surface area contributed by atoms with Crippen molar-refractivity contribution in [2.24, 2.45) is 23.7 Å². The van der Waals surface area contributed by atoms with Crippen LogP contribution in [-0.2, 0) is 19.3 Å². The highest BCUT2D eigenvalue weighted by Crippen LogP contribution is 2.44. The van der Waals surface area contributed by atoms with Gasteiger partial charge in [0.05, 0.1) is 0 Å². The Balaban J connectivity index is 1.26. The minimum Gasteiger partial charge on any atom is -0.115 e. The molecule has 0 heteroatoms. The smallest absolute Gasteiger partial charge is 0.0274 e. The Morgan fingerprint density at radius 1 is 0.909 bits per heavy atom. The first-order valence-corrected chi connectivity index (χ1v) is 17.2. The van der Waals surface area contributed by atoms with E-state index in [1.165, 1.54) is 83.9 Å². The molecule has 1 fully saturated rings. The fourth-order valence-corrected chi connectivity index (χ4v) is 7.55. The summed E-state index contributed by atoms with van der Waals surface area (Å²) >= 11 is 0. The molecule has 0 radical (unpaired) electrons. The second-order valence-electron chi connectivity index (χ2n) is 14.0. The molecule has 5 rings (SSSR count). The van der Waals surface area contributed by atoms with E-state index in [0.29, 0.717) is 17.8 Å². The summed E-state index contributed by atoms with van der Waals surface area (Å²) in [7, 11) is 0.